The second kappa shape index (κ2) is 8.29. The minimum Gasteiger partial charge on any atom is -0.493 e. The molecule has 0 saturated carbocycles. The summed E-state index contributed by atoms with van der Waals surface area (Å²) in [6.45, 7) is 0.587. The highest BCUT2D eigenvalue weighted by molar-refractivity contribution is 6.30. The molecule has 6 heteroatoms. The summed E-state index contributed by atoms with van der Waals surface area (Å²) in [5.74, 6) is 1.18. The van der Waals surface area contributed by atoms with Gasteiger partial charge in [-0.25, -0.2) is 0 Å². The number of hydrogen-bond acceptors (Lipinski definition) is 4. The van der Waals surface area contributed by atoms with Crippen molar-refractivity contribution in [2.45, 2.75) is 6.54 Å². The van der Waals surface area contributed by atoms with Gasteiger partial charge in [0.1, 0.15) is 0 Å². The van der Waals surface area contributed by atoms with Crippen LogP contribution in [-0.4, -0.2) is 26.7 Å². The fraction of sp³-hybridized carbons (Fsp3) is 0.235. The molecular formula is C17H19ClN2O3. The van der Waals surface area contributed by atoms with E-state index in [1.165, 1.54) is 0 Å². The highest BCUT2D eigenvalue weighted by Gasteiger charge is 2.06. The summed E-state index contributed by atoms with van der Waals surface area (Å²) in [7, 11) is 3.16. The van der Waals surface area contributed by atoms with Crippen LogP contribution in [0.15, 0.2) is 42.5 Å². The van der Waals surface area contributed by atoms with E-state index in [0.717, 1.165) is 11.3 Å². The highest BCUT2D eigenvalue weighted by atomic mass is 35.5. The first-order valence-corrected chi connectivity index (χ1v) is 7.47. The lowest BCUT2D eigenvalue weighted by atomic mass is 10.2. The number of methoxy groups -OCH3 is 2. The summed E-state index contributed by atoms with van der Waals surface area (Å²) < 4.78 is 10.4. The number of nitrogens with one attached hydrogen (secondary N) is 2. The number of hydrogen-bond donors (Lipinski definition) is 2. The molecule has 23 heavy (non-hydrogen) atoms. The topological polar surface area (TPSA) is 59.6 Å². The van der Waals surface area contributed by atoms with E-state index in [2.05, 4.69) is 10.6 Å². The molecule has 5 nitrogen and oxygen atoms in total. The molecule has 0 aliphatic rings. The number of carbonyl (C=O) groups excluding carboxylic acids is 1. The summed E-state index contributed by atoms with van der Waals surface area (Å²) in [5.41, 5.74) is 1.73. The van der Waals surface area contributed by atoms with Crippen molar-refractivity contribution in [1.29, 1.82) is 0 Å². The zero-order valence-electron chi connectivity index (χ0n) is 13.1. The van der Waals surface area contributed by atoms with Gasteiger partial charge >= 0.3 is 0 Å². The molecule has 0 spiro atoms. The number of benzene rings is 2. The van der Waals surface area contributed by atoms with Gasteiger partial charge in [-0.15, -0.1) is 0 Å². The maximum atomic E-state index is 11.9. The first kappa shape index (κ1) is 17.0. The van der Waals surface area contributed by atoms with Gasteiger partial charge in [-0.1, -0.05) is 23.7 Å². The number of carbonyl (C=O) groups is 1. The Kier molecular flexibility index (Phi) is 6.11. The van der Waals surface area contributed by atoms with Gasteiger partial charge in [-0.05, 0) is 35.9 Å². The van der Waals surface area contributed by atoms with E-state index >= 15 is 0 Å². The molecule has 2 aromatic carbocycles. The Morgan fingerprint density at radius 3 is 2.57 bits per heavy atom. The number of anilines is 1. The van der Waals surface area contributed by atoms with Crippen LogP contribution in [0, 0.1) is 0 Å². The second-order valence-corrected chi connectivity index (χ2v) is 5.27. The Hall–Kier alpha value is -2.40. The number of ether oxygens (including phenoxy) is 2. The predicted molar refractivity (Wildman–Crippen MR) is 91.3 cm³/mol. The number of rotatable bonds is 7. The molecular weight excluding hydrogens is 316 g/mol. The van der Waals surface area contributed by atoms with Crippen molar-refractivity contribution < 1.29 is 14.3 Å². The third-order valence-electron chi connectivity index (χ3n) is 3.22. The molecule has 0 fully saturated rings. The van der Waals surface area contributed by atoms with E-state index in [-0.39, 0.29) is 12.5 Å². The quantitative estimate of drug-likeness (QED) is 0.817. The average Bonchev–Trinajstić information content (AvgIpc) is 2.57. The first-order chi connectivity index (χ1) is 11.1. The average molecular weight is 335 g/mol. The van der Waals surface area contributed by atoms with Crippen molar-refractivity contribution >= 4 is 23.2 Å². The van der Waals surface area contributed by atoms with Crippen molar-refractivity contribution in [3.05, 3.63) is 53.1 Å². The standard InChI is InChI=1S/C17H19ClN2O3/c1-22-15-7-6-12(8-16(15)23-2)10-20-17(21)11-19-14-5-3-4-13(18)9-14/h3-9,19H,10-11H2,1-2H3,(H,20,21). The Balaban J connectivity index is 1.84. The van der Waals surface area contributed by atoms with Gasteiger partial charge in [0.25, 0.3) is 0 Å². The van der Waals surface area contributed by atoms with Crippen LogP contribution in [0.4, 0.5) is 5.69 Å². The minimum absolute atomic E-state index is 0.111. The molecule has 0 atom stereocenters. The van der Waals surface area contributed by atoms with Gasteiger partial charge in [0.2, 0.25) is 5.91 Å². The number of halogens is 1. The van der Waals surface area contributed by atoms with Crippen LogP contribution < -0.4 is 20.1 Å². The normalized spacial score (nSPS) is 10.0. The molecule has 0 aliphatic heterocycles. The van der Waals surface area contributed by atoms with Crippen molar-refractivity contribution in [3.8, 4) is 11.5 Å². The molecule has 0 bridgehead atoms. The Morgan fingerprint density at radius 2 is 1.87 bits per heavy atom. The van der Waals surface area contributed by atoms with Gasteiger partial charge in [0.15, 0.2) is 11.5 Å². The summed E-state index contributed by atoms with van der Waals surface area (Å²) in [6.07, 6.45) is 0. The maximum absolute atomic E-state index is 11.9. The maximum Gasteiger partial charge on any atom is 0.239 e. The van der Waals surface area contributed by atoms with E-state index in [1.54, 1.807) is 26.4 Å². The molecule has 0 aliphatic carbocycles. The van der Waals surface area contributed by atoms with Gasteiger partial charge in [0, 0.05) is 17.3 Å². The van der Waals surface area contributed by atoms with Crippen molar-refractivity contribution in [3.63, 3.8) is 0 Å². The van der Waals surface area contributed by atoms with Gasteiger partial charge < -0.3 is 20.1 Å². The monoisotopic (exact) mass is 334 g/mol. The minimum atomic E-state index is -0.111. The van der Waals surface area contributed by atoms with E-state index < -0.39 is 0 Å². The lowest BCUT2D eigenvalue weighted by Gasteiger charge is -2.11. The van der Waals surface area contributed by atoms with E-state index in [9.17, 15) is 4.79 Å². The number of amides is 1. The van der Waals surface area contributed by atoms with Gasteiger partial charge in [-0.2, -0.15) is 0 Å². The van der Waals surface area contributed by atoms with Crippen LogP contribution in [-0.2, 0) is 11.3 Å². The Morgan fingerprint density at radius 1 is 1.09 bits per heavy atom. The van der Waals surface area contributed by atoms with Crippen molar-refractivity contribution in [2.24, 2.45) is 0 Å². The largest absolute Gasteiger partial charge is 0.493 e. The Bertz CT molecular complexity index is 677. The van der Waals surface area contributed by atoms with Crippen molar-refractivity contribution in [1.82, 2.24) is 5.32 Å². The smallest absolute Gasteiger partial charge is 0.239 e. The molecule has 122 valence electrons. The lowest BCUT2D eigenvalue weighted by molar-refractivity contribution is -0.119. The van der Waals surface area contributed by atoms with Gasteiger partial charge in [0.05, 0.1) is 20.8 Å². The van der Waals surface area contributed by atoms with E-state index in [1.807, 2.05) is 30.3 Å². The van der Waals surface area contributed by atoms with Crippen LogP contribution in [0.1, 0.15) is 5.56 Å². The SMILES string of the molecule is COc1ccc(CNC(=O)CNc2cccc(Cl)c2)cc1OC. The predicted octanol–water partition coefficient (Wildman–Crippen LogP) is 3.09. The third-order valence-corrected chi connectivity index (χ3v) is 3.45. The molecule has 0 unspecified atom stereocenters. The summed E-state index contributed by atoms with van der Waals surface area (Å²) in [6, 6.07) is 12.8. The molecule has 0 saturated heterocycles. The molecule has 2 N–H and O–H groups in total. The van der Waals surface area contributed by atoms with Crippen LogP contribution >= 0.6 is 11.6 Å². The van der Waals surface area contributed by atoms with Crippen LogP contribution in [0.3, 0.4) is 0 Å². The van der Waals surface area contributed by atoms with Gasteiger partial charge in [-0.3, -0.25) is 4.79 Å². The lowest BCUT2D eigenvalue weighted by Crippen LogP contribution is -2.29. The second-order valence-electron chi connectivity index (χ2n) is 4.83. The van der Waals surface area contributed by atoms with Crippen LogP contribution in [0.5, 0.6) is 11.5 Å². The molecule has 0 aromatic heterocycles. The zero-order valence-corrected chi connectivity index (χ0v) is 13.8. The highest BCUT2D eigenvalue weighted by Crippen LogP contribution is 2.27. The zero-order chi connectivity index (χ0) is 16.7. The van der Waals surface area contributed by atoms with E-state index in [4.69, 9.17) is 21.1 Å². The molecule has 1 amide bonds. The summed E-state index contributed by atoms with van der Waals surface area (Å²) in [5, 5.41) is 6.49. The molecule has 2 rings (SSSR count). The summed E-state index contributed by atoms with van der Waals surface area (Å²) >= 11 is 5.89. The third kappa shape index (κ3) is 5.07. The molecule has 0 heterocycles. The first-order valence-electron chi connectivity index (χ1n) is 7.09. The molecule has 2 aromatic rings. The fourth-order valence-electron chi connectivity index (χ4n) is 2.03. The van der Waals surface area contributed by atoms with Crippen LogP contribution in [0.2, 0.25) is 5.02 Å². The van der Waals surface area contributed by atoms with E-state index in [0.29, 0.717) is 23.1 Å². The van der Waals surface area contributed by atoms with Crippen molar-refractivity contribution in [2.75, 3.05) is 26.1 Å². The Labute approximate surface area is 140 Å². The summed E-state index contributed by atoms with van der Waals surface area (Å²) in [4.78, 5) is 11.9. The fourth-order valence-corrected chi connectivity index (χ4v) is 2.22. The van der Waals surface area contributed by atoms with Crippen LogP contribution in [0.25, 0.3) is 0 Å². The molecule has 0 radical (unpaired) electrons.